The molecule has 25 heavy (non-hydrogen) atoms. The highest BCUT2D eigenvalue weighted by Gasteiger charge is 2.33. The lowest BCUT2D eigenvalue weighted by Gasteiger charge is -2.33. The number of hydrogen-bond acceptors (Lipinski definition) is 6. The van der Waals surface area contributed by atoms with E-state index in [0.29, 0.717) is 25.3 Å². The molecule has 10 nitrogen and oxygen atoms in total. The van der Waals surface area contributed by atoms with E-state index in [0.717, 1.165) is 0 Å². The Morgan fingerprint density at radius 1 is 1.24 bits per heavy atom. The summed E-state index contributed by atoms with van der Waals surface area (Å²) < 4.78 is 31.7. The smallest absolute Gasteiger partial charge is 0.304 e. The van der Waals surface area contributed by atoms with Gasteiger partial charge in [-0.25, -0.2) is 13.3 Å². The van der Waals surface area contributed by atoms with Crippen LogP contribution < -0.4 is 10.3 Å². The van der Waals surface area contributed by atoms with E-state index in [1.807, 2.05) is 5.59 Å². The minimum atomic E-state index is -3.74. The number of nitrogens with one attached hydrogen (secondary N) is 1. The minimum absolute atomic E-state index is 0.103. The van der Waals surface area contributed by atoms with Crippen molar-refractivity contribution in [2.24, 2.45) is 0 Å². The summed E-state index contributed by atoms with van der Waals surface area (Å²) >= 11 is 0. The molecule has 11 heteroatoms. The van der Waals surface area contributed by atoms with E-state index in [9.17, 15) is 18.1 Å². The van der Waals surface area contributed by atoms with Crippen LogP contribution in [0.2, 0.25) is 0 Å². The van der Waals surface area contributed by atoms with Gasteiger partial charge in [-0.15, -0.1) is 0 Å². The van der Waals surface area contributed by atoms with Gasteiger partial charge in [0.1, 0.15) is 5.75 Å². The normalized spacial score (nSPS) is 15.7. The average molecular weight is 373 g/mol. The second-order valence-corrected chi connectivity index (χ2v) is 7.28. The highest BCUT2D eigenvalue weighted by atomic mass is 32.2. The fourth-order valence-corrected chi connectivity index (χ4v) is 3.86. The van der Waals surface area contributed by atoms with Crippen molar-refractivity contribution in [2.75, 3.05) is 40.5 Å². The van der Waals surface area contributed by atoms with E-state index in [1.54, 1.807) is 12.1 Å². The molecule has 138 valence electrons. The van der Waals surface area contributed by atoms with Crippen LogP contribution in [0, 0.1) is 4.91 Å². The molecule has 0 saturated carbocycles. The number of carbonyl (C=O) groups is 1. The SMILES string of the molecule is CON[N+](=O)CC(=O)N1CCCN(S(=O)(=O)c2ccc(OC)cc2)C1. The van der Waals surface area contributed by atoms with Crippen LogP contribution in [0.4, 0.5) is 0 Å². The van der Waals surface area contributed by atoms with Gasteiger partial charge in [0.25, 0.3) is 5.91 Å². The number of rotatable bonds is 7. The topological polar surface area (TPSA) is 108 Å². The molecule has 2 rings (SSSR count). The number of sulfonamides is 1. The molecule has 1 aliphatic rings. The molecule has 0 atom stereocenters. The summed E-state index contributed by atoms with van der Waals surface area (Å²) in [5.74, 6) is 0.0600. The van der Waals surface area contributed by atoms with E-state index < -0.39 is 22.5 Å². The minimum Gasteiger partial charge on any atom is -0.497 e. The third-order valence-electron chi connectivity index (χ3n) is 3.69. The molecule has 0 aromatic heterocycles. The van der Waals surface area contributed by atoms with E-state index >= 15 is 0 Å². The van der Waals surface area contributed by atoms with Gasteiger partial charge in [-0.2, -0.15) is 4.31 Å². The number of hydrazine groups is 1. The molecule has 1 heterocycles. The average Bonchev–Trinajstić information content (AvgIpc) is 2.62. The van der Waals surface area contributed by atoms with Gasteiger partial charge in [0.2, 0.25) is 10.0 Å². The number of amides is 1. The first-order valence-corrected chi connectivity index (χ1v) is 8.97. The van der Waals surface area contributed by atoms with Crippen LogP contribution in [-0.2, 0) is 19.7 Å². The number of benzene rings is 1. The molecule has 0 unspecified atom stereocenters. The zero-order chi connectivity index (χ0) is 18.4. The van der Waals surface area contributed by atoms with Crippen molar-refractivity contribution in [1.29, 1.82) is 0 Å². The van der Waals surface area contributed by atoms with Crippen molar-refractivity contribution in [3.8, 4) is 5.75 Å². The Balaban J connectivity index is 2.08. The number of ether oxygens (including phenoxy) is 1. The summed E-state index contributed by atoms with van der Waals surface area (Å²) in [7, 11) is -0.995. The summed E-state index contributed by atoms with van der Waals surface area (Å²) in [6.45, 7) is 0.0993. The Kier molecular flexibility index (Phi) is 6.28. The lowest BCUT2D eigenvalue weighted by atomic mass is 10.3. The van der Waals surface area contributed by atoms with Crippen LogP contribution in [0.25, 0.3) is 0 Å². The fraction of sp³-hybridized carbons (Fsp3) is 0.500. The van der Waals surface area contributed by atoms with Crippen LogP contribution in [0.3, 0.4) is 0 Å². The zero-order valence-corrected chi connectivity index (χ0v) is 14.9. The van der Waals surface area contributed by atoms with Crippen molar-refractivity contribution >= 4 is 15.9 Å². The first-order chi connectivity index (χ1) is 11.9. The monoisotopic (exact) mass is 373 g/mol. The Morgan fingerprint density at radius 2 is 1.92 bits per heavy atom. The Bertz CT molecular complexity index is 721. The highest BCUT2D eigenvalue weighted by Crippen LogP contribution is 2.21. The number of nitrogens with zero attached hydrogens (tertiary/aromatic N) is 3. The van der Waals surface area contributed by atoms with Crippen LogP contribution >= 0.6 is 0 Å². The molecule has 1 saturated heterocycles. The molecule has 1 aliphatic heterocycles. The van der Waals surface area contributed by atoms with E-state index in [-0.39, 0.29) is 16.4 Å². The molecular formula is C14H21N4O6S+. The number of carbonyl (C=O) groups excluding carboxylic acids is 1. The second-order valence-electron chi connectivity index (χ2n) is 5.34. The lowest BCUT2D eigenvalue weighted by Crippen LogP contribution is -2.51. The highest BCUT2D eigenvalue weighted by molar-refractivity contribution is 7.89. The molecule has 1 amide bonds. The predicted molar refractivity (Wildman–Crippen MR) is 86.7 cm³/mol. The molecule has 0 spiro atoms. The Hall–Kier alpha value is -2.24. The largest absolute Gasteiger partial charge is 0.497 e. The van der Waals surface area contributed by atoms with Gasteiger partial charge in [0.05, 0.1) is 30.7 Å². The van der Waals surface area contributed by atoms with Gasteiger partial charge in [-0.1, -0.05) is 0 Å². The quantitative estimate of drug-likeness (QED) is 0.517. The van der Waals surface area contributed by atoms with Crippen molar-refractivity contribution in [1.82, 2.24) is 14.8 Å². The third-order valence-corrected chi connectivity index (χ3v) is 5.53. The van der Waals surface area contributed by atoms with Crippen molar-refractivity contribution in [2.45, 2.75) is 11.3 Å². The van der Waals surface area contributed by atoms with E-state index in [1.165, 1.54) is 35.6 Å². The first kappa shape index (κ1) is 19.1. The maximum absolute atomic E-state index is 12.7. The van der Waals surface area contributed by atoms with Gasteiger partial charge in [-0.05, 0) is 36.3 Å². The number of hydrogen-bond donors (Lipinski definition) is 1. The molecule has 1 aromatic rings. The summed E-state index contributed by atoms with van der Waals surface area (Å²) in [6, 6.07) is 6.03. The van der Waals surface area contributed by atoms with Gasteiger partial charge in [-0.3, -0.25) is 4.79 Å². The molecule has 1 N–H and O–H groups in total. The lowest BCUT2D eigenvalue weighted by molar-refractivity contribution is -0.649. The number of methoxy groups -OCH3 is 1. The maximum atomic E-state index is 12.7. The van der Waals surface area contributed by atoms with E-state index in [2.05, 4.69) is 4.84 Å². The summed E-state index contributed by atoms with van der Waals surface area (Å²) in [6.07, 6.45) is 0.484. The Morgan fingerprint density at radius 3 is 2.52 bits per heavy atom. The van der Waals surface area contributed by atoms with Crippen molar-refractivity contribution in [3.63, 3.8) is 0 Å². The van der Waals surface area contributed by atoms with Gasteiger partial charge in [0, 0.05) is 13.1 Å². The Labute approximate surface area is 145 Å². The van der Waals surface area contributed by atoms with Gasteiger partial charge in [0.15, 0.2) is 4.87 Å². The summed E-state index contributed by atoms with van der Waals surface area (Å²) in [5.41, 5.74) is 1.98. The van der Waals surface area contributed by atoms with Crippen LogP contribution in [-0.4, -0.2) is 68.9 Å². The molecule has 1 aromatic carbocycles. The van der Waals surface area contributed by atoms with Crippen LogP contribution in [0.5, 0.6) is 5.75 Å². The zero-order valence-electron chi connectivity index (χ0n) is 14.0. The van der Waals surface area contributed by atoms with Crippen LogP contribution in [0.1, 0.15) is 6.42 Å². The molecular weight excluding hydrogens is 352 g/mol. The molecule has 0 bridgehead atoms. The van der Waals surface area contributed by atoms with Crippen molar-refractivity contribution < 1.29 is 27.7 Å². The van der Waals surface area contributed by atoms with E-state index in [4.69, 9.17) is 4.74 Å². The second kappa shape index (κ2) is 8.23. The standard InChI is InChI=1S/C14H21N4O6S/c1-23-12-4-6-13(7-5-12)25(21,22)17-9-3-8-16(11-17)14(19)10-18(20)15-24-2/h4-7H,3,8-11H2,1-2H3,(H,15,20)/q+1. The predicted octanol–water partition coefficient (Wildman–Crippen LogP) is -0.279. The van der Waals surface area contributed by atoms with Gasteiger partial charge >= 0.3 is 6.54 Å². The molecule has 0 radical (unpaired) electrons. The summed E-state index contributed by atoms with van der Waals surface area (Å²) in [5, 5.41) is 0. The summed E-state index contributed by atoms with van der Waals surface area (Å²) in [4.78, 5) is 29.6. The third kappa shape index (κ3) is 4.65. The molecule has 1 fully saturated rings. The maximum Gasteiger partial charge on any atom is 0.304 e. The number of nitroso groups, excluding NO2 is 1. The fourth-order valence-electron chi connectivity index (χ4n) is 2.42. The van der Waals surface area contributed by atoms with Crippen LogP contribution in [0.15, 0.2) is 29.2 Å². The van der Waals surface area contributed by atoms with Crippen molar-refractivity contribution in [3.05, 3.63) is 29.2 Å². The van der Waals surface area contributed by atoms with Gasteiger partial charge < -0.3 is 9.64 Å². The first-order valence-electron chi connectivity index (χ1n) is 7.53. The molecule has 0 aliphatic carbocycles.